The molecule has 7 heteroatoms. The van der Waals surface area contributed by atoms with Crippen LogP contribution >= 0.6 is 11.3 Å². The predicted octanol–water partition coefficient (Wildman–Crippen LogP) is 3.42. The van der Waals surface area contributed by atoms with E-state index in [4.69, 9.17) is 4.42 Å². The first kappa shape index (κ1) is 15.1. The number of amides is 1. The maximum atomic E-state index is 12.4. The number of oxazole rings is 1. The van der Waals surface area contributed by atoms with Gasteiger partial charge in [0.1, 0.15) is 17.5 Å². The molecule has 4 heterocycles. The van der Waals surface area contributed by atoms with Crippen LogP contribution in [0.15, 0.2) is 34.3 Å². The molecule has 0 spiro atoms. The summed E-state index contributed by atoms with van der Waals surface area (Å²) in [5.74, 6) is 2.03. The van der Waals surface area contributed by atoms with E-state index in [1.807, 2.05) is 35.2 Å². The van der Waals surface area contributed by atoms with Crippen LogP contribution in [0.3, 0.4) is 0 Å². The molecular formula is C17H18N4O2S. The molecule has 0 saturated carbocycles. The van der Waals surface area contributed by atoms with Gasteiger partial charge in [0.25, 0.3) is 0 Å². The second-order valence-electron chi connectivity index (χ2n) is 5.86. The Bertz CT molecular complexity index is 850. The molecule has 1 N–H and O–H groups in total. The van der Waals surface area contributed by atoms with E-state index in [2.05, 4.69) is 15.3 Å². The molecule has 0 aliphatic carbocycles. The van der Waals surface area contributed by atoms with Gasteiger partial charge in [0.2, 0.25) is 11.8 Å². The standard InChI is InChI=1S/C17H18N4O2S/c1-11-14(20-17(23-11)13-6-4-10-24-13)15-18-8-9-21(15)12-5-2-3-7-19-16(12)22/h4,6,8-10,12H,2-3,5,7H2,1H3,(H,19,22)/t12-/m0/s1. The summed E-state index contributed by atoms with van der Waals surface area (Å²) in [7, 11) is 0. The van der Waals surface area contributed by atoms with E-state index in [1.54, 1.807) is 17.5 Å². The SMILES string of the molecule is Cc1oc(-c2cccs2)nc1-c1nccn1[C@H]1CCCCNC1=O. The van der Waals surface area contributed by atoms with Crippen molar-refractivity contribution in [3.8, 4) is 22.3 Å². The Hall–Kier alpha value is -2.41. The Labute approximate surface area is 143 Å². The zero-order valence-electron chi connectivity index (χ0n) is 13.4. The van der Waals surface area contributed by atoms with Crippen molar-refractivity contribution in [2.24, 2.45) is 0 Å². The Morgan fingerprint density at radius 3 is 3.17 bits per heavy atom. The molecule has 1 aliphatic heterocycles. The summed E-state index contributed by atoms with van der Waals surface area (Å²) in [6, 6.07) is 3.70. The van der Waals surface area contributed by atoms with Gasteiger partial charge in [0.05, 0.1) is 4.88 Å². The van der Waals surface area contributed by atoms with E-state index < -0.39 is 0 Å². The number of aromatic nitrogens is 3. The lowest BCUT2D eigenvalue weighted by Gasteiger charge is -2.16. The van der Waals surface area contributed by atoms with Crippen LogP contribution in [0.2, 0.25) is 0 Å². The van der Waals surface area contributed by atoms with Crippen LogP contribution < -0.4 is 5.32 Å². The summed E-state index contributed by atoms with van der Waals surface area (Å²) in [5, 5.41) is 4.97. The Morgan fingerprint density at radius 1 is 1.42 bits per heavy atom. The summed E-state index contributed by atoms with van der Waals surface area (Å²) in [6.45, 7) is 2.62. The first-order chi connectivity index (χ1) is 11.7. The fourth-order valence-electron chi connectivity index (χ4n) is 3.05. The largest absolute Gasteiger partial charge is 0.440 e. The average Bonchev–Trinajstić information content (AvgIpc) is 3.28. The lowest BCUT2D eigenvalue weighted by molar-refractivity contribution is -0.124. The van der Waals surface area contributed by atoms with Gasteiger partial charge < -0.3 is 14.3 Å². The van der Waals surface area contributed by atoms with Crippen molar-refractivity contribution in [3.63, 3.8) is 0 Å². The van der Waals surface area contributed by atoms with Crippen molar-refractivity contribution in [2.75, 3.05) is 6.54 Å². The number of carbonyl (C=O) groups is 1. The van der Waals surface area contributed by atoms with Crippen LogP contribution in [0.25, 0.3) is 22.3 Å². The number of hydrogen-bond acceptors (Lipinski definition) is 5. The Balaban J connectivity index is 1.73. The molecule has 6 nitrogen and oxygen atoms in total. The van der Waals surface area contributed by atoms with E-state index in [9.17, 15) is 4.79 Å². The van der Waals surface area contributed by atoms with Gasteiger partial charge in [-0.2, -0.15) is 0 Å². The number of rotatable bonds is 3. The third-order valence-electron chi connectivity index (χ3n) is 4.25. The van der Waals surface area contributed by atoms with E-state index in [0.717, 1.165) is 30.7 Å². The van der Waals surface area contributed by atoms with Crippen molar-refractivity contribution in [1.29, 1.82) is 0 Å². The van der Waals surface area contributed by atoms with Crippen molar-refractivity contribution in [1.82, 2.24) is 19.9 Å². The topological polar surface area (TPSA) is 73.0 Å². The number of hydrogen-bond donors (Lipinski definition) is 1. The molecule has 0 aromatic carbocycles. The highest BCUT2D eigenvalue weighted by atomic mass is 32.1. The van der Waals surface area contributed by atoms with Crippen LogP contribution in [0.5, 0.6) is 0 Å². The minimum Gasteiger partial charge on any atom is -0.440 e. The maximum absolute atomic E-state index is 12.4. The molecule has 0 bridgehead atoms. The molecule has 0 unspecified atom stereocenters. The fraction of sp³-hybridized carbons (Fsp3) is 0.353. The summed E-state index contributed by atoms with van der Waals surface area (Å²) >= 11 is 1.58. The van der Waals surface area contributed by atoms with Crippen molar-refractivity contribution >= 4 is 17.2 Å². The predicted molar refractivity (Wildman–Crippen MR) is 91.7 cm³/mol. The fourth-order valence-corrected chi connectivity index (χ4v) is 3.70. The van der Waals surface area contributed by atoms with Crippen molar-refractivity contribution < 1.29 is 9.21 Å². The quantitative estimate of drug-likeness (QED) is 0.791. The zero-order chi connectivity index (χ0) is 16.5. The second kappa shape index (κ2) is 6.24. The van der Waals surface area contributed by atoms with E-state index >= 15 is 0 Å². The minimum atomic E-state index is -0.244. The normalized spacial score (nSPS) is 18.4. The lowest BCUT2D eigenvalue weighted by atomic mass is 10.1. The van der Waals surface area contributed by atoms with E-state index in [-0.39, 0.29) is 11.9 Å². The average molecular weight is 342 g/mol. The van der Waals surface area contributed by atoms with Crippen molar-refractivity contribution in [2.45, 2.75) is 32.2 Å². The van der Waals surface area contributed by atoms with Crippen LogP contribution in [0, 0.1) is 6.92 Å². The minimum absolute atomic E-state index is 0.0476. The first-order valence-corrected chi connectivity index (χ1v) is 8.94. The second-order valence-corrected chi connectivity index (χ2v) is 6.81. The number of thiophene rings is 1. The highest BCUT2D eigenvalue weighted by Crippen LogP contribution is 2.32. The molecule has 1 atom stereocenters. The van der Waals surface area contributed by atoms with Gasteiger partial charge in [0.15, 0.2) is 5.82 Å². The van der Waals surface area contributed by atoms with Crippen LogP contribution in [0.1, 0.15) is 31.1 Å². The molecule has 4 rings (SSSR count). The first-order valence-electron chi connectivity index (χ1n) is 8.06. The lowest BCUT2D eigenvalue weighted by Crippen LogP contribution is -2.31. The monoisotopic (exact) mass is 342 g/mol. The Kier molecular flexibility index (Phi) is 3.93. The smallest absolute Gasteiger partial charge is 0.243 e. The van der Waals surface area contributed by atoms with E-state index in [0.29, 0.717) is 23.2 Å². The highest BCUT2D eigenvalue weighted by molar-refractivity contribution is 7.13. The maximum Gasteiger partial charge on any atom is 0.243 e. The molecule has 1 saturated heterocycles. The molecular weight excluding hydrogens is 324 g/mol. The van der Waals surface area contributed by atoms with E-state index in [1.165, 1.54) is 0 Å². The molecule has 1 amide bonds. The van der Waals surface area contributed by atoms with Gasteiger partial charge in [-0.25, -0.2) is 9.97 Å². The molecule has 3 aromatic heterocycles. The number of nitrogens with zero attached hydrogens (tertiary/aromatic N) is 3. The van der Waals surface area contributed by atoms with Crippen LogP contribution in [-0.2, 0) is 4.79 Å². The summed E-state index contributed by atoms with van der Waals surface area (Å²) in [4.78, 5) is 22.4. The van der Waals surface area contributed by atoms with Gasteiger partial charge in [-0.05, 0) is 37.6 Å². The van der Waals surface area contributed by atoms with Crippen LogP contribution in [0.4, 0.5) is 0 Å². The highest BCUT2D eigenvalue weighted by Gasteiger charge is 2.27. The van der Waals surface area contributed by atoms with Gasteiger partial charge in [-0.1, -0.05) is 6.07 Å². The summed E-state index contributed by atoms with van der Waals surface area (Å²) in [5.41, 5.74) is 0.695. The summed E-state index contributed by atoms with van der Waals surface area (Å²) < 4.78 is 7.74. The molecule has 0 radical (unpaired) electrons. The van der Waals surface area contributed by atoms with Crippen molar-refractivity contribution in [3.05, 3.63) is 35.7 Å². The zero-order valence-corrected chi connectivity index (χ0v) is 14.2. The molecule has 124 valence electrons. The number of carbonyl (C=O) groups excluding carboxylic acids is 1. The molecule has 1 aliphatic rings. The molecule has 3 aromatic rings. The summed E-state index contributed by atoms with van der Waals surface area (Å²) in [6.07, 6.45) is 6.40. The van der Waals surface area contributed by atoms with Crippen LogP contribution in [-0.4, -0.2) is 27.0 Å². The number of aryl methyl sites for hydroxylation is 1. The van der Waals surface area contributed by atoms with Gasteiger partial charge >= 0.3 is 0 Å². The number of imidazole rings is 1. The van der Waals surface area contributed by atoms with Gasteiger partial charge in [-0.15, -0.1) is 11.3 Å². The van der Waals surface area contributed by atoms with Gasteiger partial charge in [-0.3, -0.25) is 4.79 Å². The third-order valence-corrected chi connectivity index (χ3v) is 5.11. The Morgan fingerprint density at radius 2 is 2.33 bits per heavy atom. The number of nitrogens with one attached hydrogen (secondary N) is 1. The molecule has 1 fully saturated rings. The molecule has 24 heavy (non-hydrogen) atoms. The third kappa shape index (κ3) is 2.65. The van der Waals surface area contributed by atoms with Gasteiger partial charge in [0, 0.05) is 18.9 Å².